The number of ether oxygens (including phenoxy) is 2. The number of hydrogen-bond acceptors (Lipinski definition) is 10. The molecule has 14 heteroatoms. The molecule has 13 nitrogen and oxygen atoms in total. The molecule has 2 bridgehead atoms. The highest BCUT2D eigenvalue weighted by Crippen LogP contribution is 2.35. The third kappa shape index (κ3) is 12.2. The van der Waals surface area contributed by atoms with Crippen LogP contribution in [0.1, 0.15) is 112 Å². The molecule has 59 heavy (non-hydrogen) atoms. The van der Waals surface area contributed by atoms with Gasteiger partial charge in [-0.3, -0.25) is 24.2 Å². The van der Waals surface area contributed by atoms with Crippen molar-refractivity contribution < 1.29 is 38.6 Å². The SMILES string of the molecule is CCC(C)C1C(=O)N2CCCC2C(=O)OC(C(C)(C)C)CC(C)CC(O)C(CC)C2=NC(CCC(=O)NC(Cc3ccc(OC)cc3)C(=O)N(C)C(C)C(=O)N1C)CS2. The van der Waals surface area contributed by atoms with Gasteiger partial charge in [0.05, 0.1) is 24.3 Å². The van der Waals surface area contributed by atoms with Gasteiger partial charge in [0.15, 0.2) is 0 Å². The number of carbonyl (C=O) groups excluding carboxylic acids is 5. The van der Waals surface area contributed by atoms with E-state index in [1.807, 2.05) is 53.7 Å². The predicted molar refractivity (Wildman–Crippen MR) is 232 cm³/mol. The molecule has 4 amide bonds. The topological polar surface area (TPSA) is 158 Å². The Bertz CT molecular complexity index is 1650. The second-order valence-corrected chi connectivity index (χ2v) is 19.2. The number of amides is 4. The van der Waals surface area contributed by atoms with Gasteiger partial charge in [-0.05, 0) is 80.4 Å². The molecule has 10 unspecified atom stereocenters. The lowest BCUT2D eigenvalue weighted by atomic mass is 9.81. The molecular weight excluding hydrogens is 771 g/mol. The van der Waals surface area contributed by atoms with Crippen LogP contribution in [0, 0.1) is 23.2 Å². The third-order valence-electron chi connectivity index (χ3n) is 12.7. The van der Waals surface area contributed by atoms with Crippen molar-refractivity contribution in [3.8, 4) is 5.75 Å². The van der Waals surface area contributed by atoms with Crippen LogP contribution in [0.2, 0.25) is 0 Å². The molecule has 0 spiro atoms. The highest BCUT2D eigenvalue weighted by molar-refractivity contribution is 8.14. The fraction of sp³-hybridized carbons (Fsp3) is 0.733. The maximum Gasteiger partial charge on any atom is 0.329 e. The number of benzene rings is 1. The maximum absolute atomic E-state index is 14.6. The number of aliphatic hydroxyl groups excluding tert-OH is 1. The summed E-state index contributed by atoms with van der Waals surface area (Å²) in [4.78, 5) is 80.3. The number of nitrogens with one attached hydrogen (secondary N) is 1. The van der Waals surface area contributed by atoms with E-state index in [-0.39, 0.29) is 48.5 Å². The first kappa shape index (κ1) is 48.0. The molecule has 4 rings (SSSR count). The molecule has 0 saturated carbocycles. The zero-order valence-corrected chi connectivity index (χ0v) is 38.2. The molecule has 3 heterocycles. The lowest BCUT2D eigenvalue weighted by Gasteiger charge is -2.39. The summed E-state index contributed by atoms with van der Waals surface area (Å²) in [6, 6.07) is 3.52. The number of carbonyl (C=O) groups is 5. The van der Waals surface area contributed by atoms with Gasteiger partial charge in [-0.15, -0.1) is 11.8 Å². The summed E-state index contributed by atoms with van der Waals surface area (Å²) in [5.41, 5.74) is 0.396. The number of fused-ring (bicyclic) bond motifs is 2. The molecule has 1 aromatic rings. The zero-order chi connectivity index (χ0) is 43.8. The molecule has 1 fully saturated rings. The Morgan fingerprint density at radius 1 is 0.983 bits per heavy atom. The van der Waals surface area contributed by atoms with Gasteiger partial charge >= 0.3 is 5.97 Å². The van der Waals surface area contributed by atoms with Crippen molar-refractivity contribution in [2.45, 2.75) is 156 Å². The Balaban J connectivity index is 1.71. The van der Waals surface area contributed by atoms with E-state index >= 15 is 0 Å². The number of aliphatic imine (C=N–C) groups is 1. The fourth-order valence-electron chi connectivity index (χ4n) is 8.49. The molecule has 2 N–H and O–H groups in total. The lowest BCUT2D eigenvalue weighted by molar-refractivity contribution is -0.166. The van der Waals surface area contributed by atoms with E-state index in [1.54, 1.807) is 56.9 Å². The lowest BCUT2D eigenvalue weighted by Crippen LogP contribution is -2.59. The van der Waals surface area contributed by atoms with E-state index in [1.165, 1.54) is 9.80 Å². The smallest absolute Gasteiger partial charge is 0.329 e. The van der Waals surface area contributed by atoms with E-state index in [2.05, 4.69) is 12.2 Å². The van der Waals surface area contributed by atoms with Crippen molar-refractivity contribution in [3.63, 3.8) is 0 Å². The maximum atomic E-state index is 14.6. The van der Waals surface area contributed by atoms with Crippen molar-refractivity contribution in [3.05, 3.63) is 29.8 Å². The standard InChI is InChI=1S/C45H71N5O8S/c1-12-28(4)39-43(55)50-22-14-15-35(50)44(56)58-37(45(6,7)8)24-27(3)23-36(51)33(13-2)40-46-31(26-59-40)18-21-38(52)47-34(25-30-16-19-32(57-11)20-17-30)42(54)48(9)29(5)41(53)49(39)10/h16-17,19-20,27-29,31,33-37,39,51H,12-15,18,21-26H2,1-11H3,(H,47,52). The number of thioether (sulfide) groups is 1. The van der Waals surface area contributed by atoms with Gasteiger partial charge in [0.2, 0.25) is 23.6 Å². The minimum Gasteiger partial charge on any atom is -0.497 e. The van der Waals surface area contributed by atoms with E-state index in [0.29, 0.717) is 63.0 Å². The summed E-state index contributed by atoms with van der Waals surface area (Å²) in [6.07, 6.45) is 3.10. The molecular formula is C45H71N5O8S. The van der Waals surface area contributed by atoms with Gasteiger partial charge < -0.3 is 34.6 Å². The molecule has 0 aromatic heterocycles. The van der Waals surface area contributed by atoms with Gasteiger partial charge in [-0.1, -0.05) is 67.0 Å². The largest absolute Gasteiger partial charge is 0.497 e. The van der Waals surface area contributed by atoms with Crippen molar-refractivity contribution in [1.29, 1.82) is 0 Å². The molecule has 3 aliphatic rings. The van der Waals surface area contributed by atoms with Crippen LogP contribution < -0.4 is 10.1 Å². The van der Waals surface area contributed by atoms with E-state index in [4.69, 9.17) is 14.5 Å². The molecule has 10 atom stereocenters. The molecule has 3 aliphatic heterocycles. The third-order valence-corrected chi connectivity index (χ3v) is 13.9. The second-order valence-electron chi connectivity index (χ2n) is 18.2. The number of likely N-dealkylation sites (N-methyl/N-ethyl adjacent to an activating group) is 2. The minimum absolute atomic E-state index is 0.0153. The Labute approximate surface area is 356 Å². The summed E-state index contributed by atoms with van der Waals surface area (Å²) in [6.45, 7) is 16.1. The van der Waals surface area contributed by atoms with E-state index in [9.17, 15) is 29.1 Å². The van der Waals surface area contributed by atoms with Crippen molar-refractivity contribution in [1.82, 2.24) is 20.0 Å². The minimum atomic E-state index is -0.977. The fourth-order valence-corrected chi connectivity index (χ4v) is 9.85. The number of cyclic esters (lactones) is 1. The van der Waals surface area contributed by atoms with Crippen LogP contribution in [0.15, 0.2) is 29.3 Å². The summed E-state index contributed by atoms with van der Waals surface area (Å²) in [7, 11) is 4.70. The number of esters is 1. The van der Waals surface area contributed by atoms with Crippen molar-refractivity contribution in [2.75, 3.05) is 33.5 Å². The zero-order valence-electron chi connectivity index (χ0n) is 37.4. The average molecular weight is 842 g/mol. The van der Waals surface area contributed by atoms with Gasteiger partial charge in [-0.25, -0.2) is 4.79 Å². The Kier molecular flexibility index (Phi) is 17.3. The monoisotopic (exact) mass is 842 g/mol. The summed E-state index contributed by atoms with van der Waals surface area (Å²) in [5.74, 6) is -0.992. The van der Waals surface area contributed by atoms with Crippen LogP contribution in [0.25, 0.3) is 0 Å². The molecule has 1 aromatic carbocycles. The highest BCUT2D eigenvalue weighted by Gasteiger charge is 2.45. The Hall–Kier alpha value is -3.65. The van der Waals surface area contributed by atoms with Crippen LogP contribution >= 0.6 is 11.8 Å². The van der Waals surface area contributed by atoms with Gasteiger partial charge in [-0.2, -0.15) is 0 Å². The number of methoxy groups -OCH3 is 1. The van der Waals surface area contributed by atoms with Crippen LogP contribution in [0.3, 0.4) is 0 Å². The number of rotatable bonds is 6. The van der Waals surface area contributed by atoms with Gasteiger partial charge in [0, 0.05) is 45.2 Å². The summed E-state index contributed by atoms with van der Waals surface area (Å²) < 4.78 is 11.6. The van der Waals surface area contributed by atoms with Gasteiger partial charge in [0.25, 0.3) is 0 Å². The summed E-state index contributed by atoms with van der Waals surface area (Å²) in [5, 5.41) is 15.4. The first-order chi connectivity index (χ1) is 27.8. The first-order valence-corrected chi connectivity index (χ1v) is 22.6. The number of hydrogen-bond donors (Lipinski definition) is 2. The highest BCUT2D eigenvalue weighted by atomic mass is 32.2. The number of nitrogens with zero attached hydrogens (tertiary/aromatic N) is 4. The van der Waals surface area contributed by atoms with Crippen LogP contribution in [0.5, 0.6) is 5.75 Å². The van der Waals surface area contributed by atoms with Crippen molar-refractivity contribution in [2.24, 2.45) is 28.2 Å². The van der Waals surface area contributed by atoms with Crippen LogP contribution in [0.4, 0.5) is 0 Å². The number of aliphatic hydroxyl groups is 1. The van der Waals surface area contributed by atoms with Crippen molar-refractivity contribution >= 4 is 46.4 Å². The quantitative estimate of drug-likeness (QED) is 0.353. The normalized spacial score (nSPS) is 30.8. The molecule has 1 saturated heterocycles. The van der Waals surface area contributed by atoms with E-state index in [0.717, 1.165) is 10.6 Å². The second kappa shape index (κ2) is 21.2. The van der Waals surface area contributed by atoms with E-state index < -0.39 is 59.6 Å². The first-order valence-electron chi connectivity index (χ1n) is 21.7. The van der Waals surface area contributed by atoms with Crippen LogP contribution in [-0.2, 0) is 35.1 Å². The Morgan fingerprint density at radius 3 is 2.27 bits per heavy atom. The molecule has 330 valence electrons. The molecule has 0 radical (unpaired) electrons. The average Bonchev–Trinajstić information content (AvgIpc) is 3.89. The Morgan fingerprint density at radius 2 is 1.66 bits per heavy atom. The summed E-state index contributed by atoms with van der Waals surface area (Å²) >= 11 is 1.63. The predicted octanol–water partition coefficient (Wildman–Crippen LogP) is 5.50. The van der Waals surface area contributed by atoms with Gasteiger partial charge in [0.1, 0.15) is 36.0 Å². The van der Waals surface area contributed by atoms with Crippen LogP contribution in [-0.4, -0.2) is 130 Å². The molecule has 0 aliphatic carbocycles.